The third kappa shape index (κ3) is 2.19. The van der Waals surface area contributed by atoms with Gasteiger partial charge in [0, 0.05) is 11.2 Å². The van der Waals surface area contributed by atoms with Crippen LogP contribution in [-0.4, -0.2) is 19.7 Å². The Kier molecular flexibility index (Phi) is 2.75. The quantitative estimate of drug-likeness (QED) is 0.606. The van der Waals surface area contributed by atoms with Gasteiger partial charge in [-0.25, -0.2) is 9.67 Å². The zero-order chi connectivity index (χ0) is 14.2. The first-order valence-electron chi connectivity index (χ1n) is 6.55. The number of benzene rings is 2. The molecule has 0 amide bonds. The molecular formula is C16H11ClN4. The summed E-state index contributed by atoms with van der Waals surface area (Å²) in [5.74, 6) is 0.816. The molecule has 0 bridgehead atoms. The molecule has 0 fully saturated rings. The summed E-state index contributed by atoms with van der Waals surface area (Å²) in [5.41, 5.74) is 3.88. The smallest absolute Gasteiger partial charge is 0.141 e. The van der Waals surface area contributed by atoms with E-state index < -0.39 is 0 Å². The Morgan fingerprint density at radius 2 is 1.81 bits per heavy atom. The number of aromatic nitrogens is 4. The highest BCUT2D eigenvalue weighted by molar-refractivity contribution is 6.30. The van der Waals surface area contributed by atoms with E-state index in [4.69, 9.17) is 11.6 Å². The van der Waals surface area contributed by atoms with Crippen molar-refractivity contribution in [2.45, 2.75) is 0 Å². The predicted octanol–water partition coefficient (Wildman–Crippen LogP) is 4.07. The second-order valence-electron chi connectivity index (χ2n) is 4.75. The largest absolute Gasteiger partial charge is 0.338 e. The van der Waals surface area contributed by atoms with Crippen molar-refractivity contribution in [1.82, 2.24) is 19.7 Å². The Labute approximate surface area is 126 Å². The molecule has 4 aromatic rings. The Balaban J connectivity index is 1.75. The third-order valence-electron chi connectivity index (χ3n) is 3.34. The molecule has 0 atom stereocenters. The number of rotatable bonds is 2. The Bertz CT molecular complexity index is 872. The van der Waals surface area contributed by atoms with E-state index in [1.54, 1.807) is 10.9 Å². The van der Waals surface area contributed by atoms with Crippen LogP contribution in [0.2, 0.25) is 5.02 Å². The van der Waals surface area contributed by atoms with Crippen LogP contribution in [0.5, 0.6) is 0 Å². The van der Waals surface area contributed by atoms with Gasteiger partial charge in [-0.1, -0.05) is 23.7 Å². The molecule has 0 saturated carbocycles. The van der Waals surface area contributed by atoms with Gasteiger partial charge in [-0.3, -0.25) is 0 Å². The summed E-state index contributed by atoms with van der Waals surface area (Å²) in [5, 5.41) is 5.09. The molecule has 4 rings (SSSR count). The van der Waals surface area contributed by atoms with Gasteiger partial charge >= 0.3 is 0 Å². The fourth-order valence-electron chi connectivity index (χ4n) is 2.27. The molecule has 0 saturated heterocycles. The lowest BCUT2D eigenvalue weighted by atomic mass is 10.3. The highest BCUT2D eigenvalue weighted by Crippen LogP contribution is 2.21. The maximum absolute atomic E-state index is 5.90. The van der Waals surface area contributed by atoms with Crippen LogP contribution in [-0.2, 0) is 0 Å². The number of imidazole rings is 1. The minimum absolute atomic E-state index is 0.711. The van der Waals surface area contributed by atoms with Gasteiger partial charge in [0.1, 0.15) is 5.82 Å². The Hall–Kier alpha value is -2.59. The second kappa shape index (κ2) is 4.75. The summed E-state index contributed by atoms with van der Waals surface area (Å²) in [7, 11) is 0. The highest BCUT2D eigenvalue weighted by Gasteiger charge is 2.08. The number of para-hydroxylation sites is 2. The van der Waals surface area contributed by atoms with Gasteiger partial charge < -0.3 is 4.98 Å². The van der Waals surface area contributed by atoms with Gasteiger partial charge in [0.05, 0.1) is 28.5 Å². The number of nitrogens with zero attached hydrogens (tertiary/aromatic N) is 3. The van der Waals surface area contributed by atoms with Gasteiger partial charge in [0.2, 0.25) is 0 Å². The van der Waals surface area contributed by atoms with Crippen LogP contribution in [0.4, 0.5) is 0 Å². The molecule has 0 radical (unpaired) electrons. The van der Waals surface area contributed by atoms with Crippen molar-refractivity contribution in [3.8, 4) is 17.1 Å². The second-order valence-corrected chi connectivity index (χ2v) is 5.19. The van der Waals surface area contributed by atoms with Gasteiger partial charge in [-0.05, 0) is 36.4 Å². The van der Waals surface area contributed by atoms with E-state index >= 15 is 0 Å². The number of hydrogen-bond donors (Lipinski definition) is 1. The first-order chi connectivity index (χ1) is 10.3. The molecule has 0 aliphatic carbocycles. The van der Waals surface area contributed by atoms with Crippen LogP contribution in [0.3, 0.4) is 0 Å². The monoisotopic (exact) mass is 294 g/mol. The molecule has 2 aromatic heterocycles. The fraction of sp³-hybridized carbons (Fsp3) is 0. The molecule has 5 heteroatoms. The van der Waals surface area contributed by atoms with Crippen molar-refractivity contribution in [2.24, 2.45) is 0 Å². The lowest BCUT2D eigenvalue weighted by Crippen LogP contribution is -1.92. The van der Waals surface area contributed by atoms with Crippen molar-refractivity contribution < 1.29 is 0 Å². The maximum Gasteiger partial charge on any atom is 0.141 e. The first kappa shape index (κ1) is 12.2. The Morgan fingerprint density at radius 1 is 1.00 bits per heavy atom. The number of H-pyrrole nitrogens is 1. The summed E-state index contributed by atoms with van der Waals surface area (Å²) in [6.45, 7) is 0. The topological polar surface area (TPSA) is 46.5 Å². The van der Waals surface area contributed by atoms with E-state index in [0.717, 1.165) is 28.1 Å². The standard InChI is InChI=1S/C16H11ClN4/c17-12-5-7-13(8-6-12)21-10-11(9-18-21)16-19-14-3-1-2-4-15(14)20-16/h1-10H,(H,19,20). The number of halogens is 1. The van der Waals surface area contributed by atoms with Gasteiger partial charge in [0.15, 0.2) is 0 Å². The highest BCUT2D eigenvalue weighted by atomic mass is 35.5. The number of hydrogen-bond acceptors (Lipinski definition) is 2. The maximum atomic E-state index is 5.90. The van der Waals surface area contributed by atoms with Crippen molar-refractivity contribution in [3.05, 3.63) is 65.9 Å². The van der Waals surface area contributed by atoms with Crippen molar-refractivity contribution in [3.63, 3.8) is 0 Å². The number of aromatic amines is 1. The molecule has 0 spiro atoms. The molecule has 1 N–H and O–H groups in total. The summed E-state index contributed by atoms with van der Waals surface area (Å²) in [6, 6.07) is 15.5. The van der Waals surface area contributed by atoms with Crippen LogP contribution in [0, 0.1) is 0 Å². The van der Waals surface area contributed by atoms with Gasteiger partial charge in [0.25, 0.3) is 0 Å². The molecule has 2 aromatic carbocycles. The van der Waals surface area contributed by atoms with E-state index in [1.165, 1.54) is 0 Å². The minimum atomic E-state index is 0.711. The lowest BCUT2D eigenvalue weighted by molar-refractivity contribution is 0.880. The molecular weight excluding hydrogens is 284 g/mol. The molecule has 0 unspecified atom stereocenters. The zero-order valence-corrected chi connectivity index (χ0v) is 11.7. The molecule has 0 aliphatic rings. The summed E-state index contributed by atoms with van der Waals surface area (Å²) in [6.07, 6.45) is 3.74. The molecule has 2 heterocycles. The zero-order valence-electron chi connectivity index (χ0n) is 11.0. The van der Waals surface area contributed by atoms with Crippen LogP contribution in [0.25, 0.3) is 28.1 Å². The van der Waals surface area contributed by atoms with E-state index in [0.29, 0.717) is 5.02 Å². The average Bonchev–Trinajstić information content (AvgIpc) is 3.14. The summed E-state index contributed by atoms with van der Waals surface area (Å²) >= 11 is 5.90. The summed E-state index contributed by atoms with van der Waals surface area (Å²) in [4.78, 5) is 7.87. The molecule has 102 valence electrons. The third-order valence-corrected chi connectivity index (χ3v) is 3.59. The van der Waals surface area contributed by atoms with Crippen molar-refractivity contribution >= 4 is 22.6 Å². The normalized spacial score (nSPS) is 11.1. The van der Waals surface area contributed by atoms with Crippen LogP contribution in [0.1, 0.15) is 0 Å². The summed E-state index contributed by atoms with van der Waals surface area (Å²) < 4.78 is 1.80. The van der Waals surface area contributed by atoms with Crippen LogP contribution >= 0.6 is 11.6 Å². The Morgan fingerprint density at radius 3 is 2.62 bits per heavy atom. The van der Waals surface area contributed by atoms with Gasteiger partial charge in [-0.2, -0.15) is 5.10 Å². The van der Waals surface area contributed by atoms with Crippen molar-refractivity contribution in [2.75, 3.05) is 0 Å². The fourth-order valence-corrected chi connectivity index (χ4v) is 2.40. The average molecular weight is 295 g/mol. The van der Waals surface area contributed by atoms with Crippen LogP contribution < -0.4 is 0 Å². The molecule has 0 aliphatic heterocycles. The van der Waals surface area contributed by atoms with E-state index in [1.807, 2.05) is 54.7 Å². The lowest BCUT2D eigenvalue weighted by Gasteiger charge is -1.99. The van der Waals surface area contributed by atoms with E-state index in [2.05, 4.69) is 15.1 Å². The molecule has 4 nitrogen and oxygen atoms in total. The molecule has 21 heavy (non-hydrogen) atoms. The SMILES string of the molecule is Clc1ccc(-n2cc(-c3nc4ccccc4[nH]3)cn2)cc1. The van der Waals surface area contributed by atoms with E-state index in [-0.39, 0.29) is 0 Å². The minimum Gasteiger partial charge on any atom is -0.338 e. The number of nitrogens with one attached hydrogen (secondary N) is 1. The van der Waals surface area contributed by atoms with Crippen LogP contribution in [0.15, 0.2) is 60.9 Å². The first-order valence-corrected chi connectivity index (χ1v) is 6.93. The van der Waals surface area contributed by atoms with Gasteiger partial charge in [-0.15, -0.1) is 0 Å². The van der Waals surface area contributed by atoms with Crippen molar-refractivity contribution in [1.29, 1.82) is 0 Å². The number of fused-ring (bicyclic) bond motifs is 1. The predicted molar refractivity (Wildman–Crippen MR) is 83.7 cm³/mol. The van der Waals surface area contributed by atoms with E-state index in [9.17, 15) is 0 Å².